The Kier molecular flexibility index (Phi) is 38.3. The molecule has 0 unspecified atom stereocenters. The molecule has 32 heteroatoms. The number of esters is 2. The molecule has 10 heterocycles. The first-order valence-corrected chi connectivity index (χ1v) is 32.2. The number of halogens is 8. The van der Waals surface area contributed by atoms with E-state index in [9.17, 15) is 32.8 Å². The van der Waals surface area contributed by atoms with Gasteiger partial charge < -0.3 is 56.4 Å². The number of ether oxygens (including phenoxy) is 2. The van der Waals surface area contributed by atoms with E-state index in [1.54, 1.807) is 90.1 Å². The second-order valence-corrected chi connectivity index (χ2v) is 21.3. The van der Waals surface area contributed by atoms with Crippen LogP contribution in [0.4, 0.5) is 43.3 Å². The Hall–Kier alpha value is -9.25. The van der Waals surface area contributed by atoms with Crippen molar-refractivity contribution in [1.29, 1.82) is 0 Å². The first-order chi connectivity index (χ1) is 47.0. The molecule has 9 N–H and O–H groups in total. The highest BCUT2D eigenvalue weighted by molar-refractivity contribution is 6.36. The Balaban J connectivity index is 0.000000300. The number of carbonyl (C=O) groups is 3. The number of pyridine rings is 10. The van der Waals surface area contributed by atoms with Gasteiger partial charge in [0.15, 0.2) is 6.29 Å². The van der Waals surface area contributed by atoms with Crippen LogP contribution < -0.4 is 43.9 Å². The van der Waals surface area contributed by atoms with Gasteiger partial charge in [0.2, 0.25) is 0 Å². The number of aryl methyl sites for hydroxylation is 2. The van der Waals surface area contributed by atoms with Crippen molar-refractivity contribution in [3.63, 3.8) is 0 Å². The minimum absolute atomic E-state index is 0.0118. The molecular weight excluding hydrogens is 1400 g/mol. The summed E-state index contributed by atoms with van der Waals surface area (Å²) in [6, 6.07) is 21.9. The summed E-state index contributed by atoms with van der Waals surface area (Å²) in [6.07, 6.45) is 12.0. The molecule has 10 rings (SSSR count). The minimum atomic E-state index is -0.489. The standard InChI is InChI=1S/C15H13FN4O.C10H13ClN2O2.C10H9ClN2O.C8H7Cl2NO2.C8H11ClN2O.C8H9ClN2O.C5H5FN2.C2H7N/c1-2-20-12-7-14(17-8-10(12)3-6-15(20)21)19-13-5-4-11(16)9-18-13;1-3-12-8-5-9(11)13-6-7(8)10(14)15-4-2;1-2-13-8-5-9(11)12-6-7(8)3-4-10(13)14;1-2-13-8(12)5-4-11-7(10)3-6(5)9;2*1-2-10-7-3-8(9)11-4-6(7)5-12;6-4-1-2-5(7)8-3-4;1-2-3/h3-9H,2H2,1H3,(H,17,18,19);5-6H,3-4H2,1-2H3,(H,12,13);3-6H,2H2,1H3;3-4H,2H2,1H3;3-4,12H,2,5H2,1H3,(H,10,11);3-5H,2H2,1H3,(H,10,11);1-3H,(H2,7,8);2-3H2,1H3. The summed E-state index contributed by atoms with van der Waals surface area (Å²) >= 11 is 34.1. The number of aliphatic hydroxyl groups excluding tert-OH is 1. The third-order valence-electron chi connectivity index (χ3n) is 12.0. The lowest BCUT2D eigenvalue weighted by atomic mass is 10.2. The zero-order chi connectivity index (χ0) is 72.7. The van der Waals surface area contributed by atoms with Gasteiger partial charge in [0, 0.05) is 116 Å². The van der Waals surface area contributed by atoms with Gasteiger partial charge in [0.25, 0.3) is 11.1 Å². The van der Waals surface area contributed by atoms with Crippen molar-refractivity contribution in [1.82, 2.24) is 49.0 Å². The number of carbonyl (C=O) groups excluding carboxylic acids is 3. The SMILES string of the molecule is CCN.CCNc1cc(Cl)ncc1C(=O)OCC.CCNc1cc(Cl)ncc1C=O.CCNc1cc(Cl)ncc1CO.CCOC(=O)c1cnc(Cl)cc1Cl.CCn1c(=O)ccc2cnc(Cl)cc21.CCn1c(=O)ccc2cnc(Nc3ccc(F)cn3)cc21.Nc1ccc(F)cn1. The number of hydrogen-bond acceptors (Lipinski definition) is 22. The summed E-state index contributed by atoms with van der Waals surface area (Å²) in [5.41, 5.74) is 15.7. The van der Waals surface area contributed by atoms with E-state index in [4.69, 9.17) is 95.7 Å². The molecular formula is C66H74Cl6F2N16O8. The zero-order valence-electron chi connectivity index (χ0n) is 54.6. The van der Waals surface area contributed by atoms with Crippen molar-refractivity contribution in [2.75, 3.05) is 66.4 Å². The maximum absolute atomic E-state index is 12.8. The van der Waals surface area contributed by atoms with Crippen LogP contribution in [0.1, 0.15) is 92.0 Å². The van der Waals surface area contributed by atoms with E-state index >= 15 is 0 Å². The Bertz CT molecular complexity index is 4240. The molecule has 522 valence electrons. The monoisotopic (exact) mass is 1470 g/mol. The molecule has 0 aliphatic heterocycles. The number of aliphatic hydroxyl groups is 1. The molecule has 10 aromatic heterocycles. The van der Waals surface area contributed by atoms with Gasteiger partial charge in [0.1, 0.15) is 60.4 Å². The van der Waals surface area contributed by atoms with Gasteiger partial charge in [-0.2, -0.15) is 0 Å². The second kappa shape index (κ2) is 45.3. The number of aldehydes is 1. The zero-order valence-corrected chi connectivity index (χ0v) is 59.1. The van der Waals surface area contributed by atoms with Crippen LogP contribution in [0.25, 0.3) is 21.8 Å². The van der Waals surface area contributed by atoms with Crippen molar-refractivity contribution >= 4 is 144 Å². The fourth-order valence-corrected chi connectivity index (χ4v) is 8.83. The topological polar surface area (TPSA) is 337 Å². The Morgan fingerprint density at radius 2 is 0.959 bits per heavy atom. The molecule has 10 aromatic rings. The molecule has 0 radical (unpaired) electrons. The molecule has 24 nitrogen and oxygen atoms in total. The summed E-state index contributed by atoms with van der Waals surface area (Å²) in [5.74, 6) is -0.259. The average Bonchev–Trinajstić information content (AvgIpc) is 0.811. The van der Waals surface area contributed by atoms with E-state index in [1.807, 2.05) is 41.5 Å². The maximum atomic E-state index is 12.8. The molecule has 0 bridgehead atoms. The quantitative estimate of drug-likeness (QED) is 0.0268. The lowest BCUT2D eigenvalue weighted by molar-refractivity contribution is 0.0517. The highest BCUT2D eigenvalue weighted by Gasteiger charge is 2.15. The van der Waals surface area contributed by atoms with Crippen molar-refractivity contribution in [3.05, 3.63) is 220 Å². The van der Waals surface area contributed by atoms with Gasteiger partial charge in [-0.1, -0.05) is 76.5 Å². The molecule has 0 spiro atoms. The van der Waals surface area contributed by atoms with Crippen LogP contribution in [0.15, 0.2) is 144 Å². The fourth-order valence-electron chi connectivity index (χ4n) is 7.76. The molecule has 0 aliphatic carbocycles. The Morgan fingerprint density at radius 1 is 0.520 bits per heavy atom. The predicted octanol–water partition coefficient (Wildman–Crippen LogP) is 14.1. The Labute approximate surface area is 594 Å². The maximum Gasteiger partial charge on any atom is 0.341 e. The van der Waals surface area contributed by atoms with Crippen LogP contribution in [-0.2, 0) is 29.2 Å². The Morgan fingerprint density at radius 3 is 1.45 bits per heavy atom. The number of nitrogens with one attached hydrogen (secondary N) is 4. The van der Waals surface area contributed by atoms with E-state index in [0.29, 0.717) is 87.7 Å². The summed E-state index contributed by atoms with van der Waals surface area (Å²) in [5, 5.41) is 24.9. The number of rotatable bonds is 16. The van der Waals surface area contributed by atoms with Crippen molar-refractivity contribution in [3.8, 4) is 0 Å². The van der Waals surface area contributed by atoms with Gasteiger partial charge in [-0.25, -0.2) is 58.2 Å². The minimum Gasteiger partial charge on any atom is -0.462 e. The predicted molar refractivity (Wildman–Crippen MR) is 387 cm³/mol. The van der Waals surface area contributed by atoms with Gasteiger partial charge >= 0.3 is 11.9 Å². The molecule has 0 saturated heterocycles. The van der Waals surface area contributed by atoms with Crippen LogP contribution in [0.5, 0.6) is 0 Å². The van der Waals surface area contributed by atoms with E-state index in [2.05, 4.69) is 61.1 Å². The summed E-state index contributed by atoms with van der Waals surface area (Å²) in [6.45, 7) is 19.9. The van der Waals surface area contributed by atoms with Crippen LogP contribution in [0, 0.1) is 11.6 Å². The fraction of sp³-hybridized carbons (Fsp3) is 0.258. The van der Waals surface area contributed by atoms with Crippen LogP contribution in [-0.4, -0.2) is 112 Å². The molecule has 98 heavy (non-hydrogen) atoms. The van der Waals surface area contributed by atoms with Crippen LogP contribution >= 0.6 is 69.6 Å². The summed E-state index contributed by atoms with van der Waals surface area (Å²) in [4.78, 5) is 87.3. The largest absolute Gasteiger partial charge is 0.462 e. The second-order valence-electron chi connectivity index (χ2n) is 18.9. The highest BCUT2D eigenvalue weighted by atomic mass is 35.5. The number of nitrogens with two attached hydrogens (primary N) is 2. The van der Waals surface area contributed by atoms with Crippen molar-refractivity contribution < 1.29 is 37.7 Å². The lowest BCUT2D eigenvalue weighted by Crippen LogP contribution is -2.18. The number of nitrogens with zero attached hydrogens (tertiary/aromatic N) is 10. The smallest absolute Gasteiger partial charge is 0.341 e. The van der Waals surface area contributed by atoms with E-state index in [-0.39, 0.29) is 39.3 Å². The molecule has 0 aromatic carbocycles. The van der Waals surface area contributed by atoms with Gasteiger partial charge in [-0.15, -0.1) is 0 Å². The third kappa shape index (κ3) is 28.4. The molecule has 0 fully saturated rings. The van der Waals surface area contributed by atoms with Crippen molar-refractivity contribution in [2.24, 2.45) is 5.73 Å². The van der Waals surface area contributed by atoms with Gasteiger partial charge in [-0.05, 0) is 122 Å². The van der Waals surface area contributed by atoms with E-state index < -0.39 is 17.8 Å². The number of anilines is 6. The lowest BCUT2D eigenvalue weighted by Gasteiger charge is -2.09. The summed E-state index contributed by atoms with van der Waals surface area (Å²) in [7, 11) is 0. The molecule has 0 saturated carbocycles. The molecule has 0 amide bonds. The van der Waals surface area contributed by atoms with Gasteiger partial charge in [-0.3, -0.25) is 14.4 Å². The normalized spacial score (nSPS) is 9.94. The number of aromatic nitrogens is 10. The number of fused-ring (bicyclic) bond motifs is 2. The van der Waals surface area contributed by atoms with Crippen molar-refractivity contribution in [2.45, 2.75) is 75.1 Å². The van der Waals surface area contributed by atoms with Gasteiger partial charge in [0.05, 0.1) is 65.1 Å². The van der Waals surface area contributed by atoms with Crippen LogP contribution in [0.2, 0.25) is 30.8 Å². The van der Waals surface area contributed by atoms with E-state index in [1.165, 1.54) is 55.0 Å². The molecule has 0 aliphatic rings. The number of hydrogen-bond donors (Lipinski definition) is 7. The molecule has 0 atom stereocenters. The summed E-state index contributed by atoms with van der Waals surface area (Å²) < 4.78 is 37.8. The van der Waals surface area contributed by atoms with Crippen LogP contribution in [0.3, 0.4) is 0 Å². The first-order valence-electron chi connectivity index (χ1n) is 30.0. The highest BCUT2D eigenvalue weighted by Crippen LogP contribution is 2.23. The van der Waals surface area contributed by atoms with E-state index in [0.717, 1.165) is 77.1 Å². The average molecular weight is 1470 g/mol. The number of nitrogen functional groups attached to an aromatic ring is 1. The first kappa shape index (κ1) is 83.0. The third-order valence-corrected chi connectivity index (χ3v) is 13.4.